The van der Waals surface area contributed by atoms with Crippen molar-refractivity contribution in [3.8, 4) is 0 Å². The average Bonchev–Trinajstić information content (AvgIpc) is 2.62. The van der Waals surface area contributed by atoms with Crippen molar-refractivity contribution in [1.29, 1.82) is 0 Å². The fourth-order valence-electron chi connectivity index (χ4n) is 2.69. The molecule has 0 saturated heterocycles. The van der Waals surface area contributed by atoms with Crippen molar-refractivity contribution < 1.29 is 4.42 Å². The van der Waals surface area contributed by atoms with Gasteiger partial charge in [-0.1, -0.05) is 25.1 Å². The van der Waals surface area contributed by atoms with Gasteiger partial charge in [0.15, 0.2) is 0 Å². The highest BCUT2D eigenvalue weighted by Gasteiger charge is 2.32. The fourth-order valence-corrected chi connectivity index (χ4v) is 2.69. The molecule has 84 valence electrons. The molecule has 1 saturated carbocycles. The maximum absolute atomic E-state index is 5.99. The first-order chi connectivity index (χ1) is 7.79. The van der Waals surface area contributed by atoms with E-state index in [0.717, 1.165) is 24.8 Å². The zero-order valence-electron chi connectivity index (χ0n) is 9.57. The zero-order chi connectivity index (χ0) is 11.1. The first kappa shape index (κ1) is 9.91. The number of hydrogen-bond acceptors (Lipinski definition) is 2. The summed E-state index contributed by atoms with van der Waals surface area (Å²) >= 11 is 0. The van der Waals surface area contributed by atoms with Crippen molar-refractivity contribution in [1.82, 2.24) is 0 Å². The van der Waals surface area contributed by atoms with Gasteiger partial charge in [0, 0.05) is 22.9 Å². The van der Waals surface area contributed by atoms with Crippen molar-refractivity contribution in [2.24, 2.45) is 5.73 Å². The Hall–Kier alpha value is -1.28. The van der Waals surface area contributed by atoms with Crippen LogP contribution in [0.25, 0.3) is 11.0 Å². The minimum Gasteiger partial charge on any atom is -0.460 e. The predicted molar refractivity (Wildman–Crippen MR) is 65.5 cm³/mol. The van der Waals surface area contributed by atoms with E-state index in [-0.39, 0.29) is 0 Å². The molecule has 2 aromatic rings. The second-order valence-electron chi connectivity index (χ2n) is 4.72. The molecule has 1 aromatic carbocycles. The Labute approximate surface area is 95.4 Å². The van der Waals surface area contributed by atoms with Crippen LogP contribution in [-0.2, 0) is 6.42 Å². The van der Waals surface area contributed by atoms with Gasteiger partial charge in [0.25, 0.3) is 0 Å². The summed E-state index contributed by atoms with van der Waals surface area (Å²) in [6, 6.07) is 8.69. The van der Waals surface area contributed by atoms with E-state index in [1.807, 2.05) is 6.07 Å². The van der Waals surface area contributed by atoms with E-state index < -0.39 is 0 Å². The number of nitrogens with two attached hydrogens (primary N) is 1. The summed E-state index contributed by atoms with van der Waals surface area (Å²) in [6.45, 7) is 2.19. The maximum Gasteiger partial charge on any atom is 0.134 e. The van der Waals surface area contributed by atoms with Gasteiger partial charge >= 0.3 is 0 Å². The van der Waals surface area contributed by atoms with E-state index in [0.29, 0.717) is 12.0 Å². The number of hydrogen-bond donors (Lipinski definition) is 1. The topological polar surface area (TPSA) is 39.2 Å². The van der Waals surface area contributed by atoms with Crippen LogP contribution in [0.3, 0.4) is 0 Å². The molecule has 1 aromatic heterocycles. The first-order valence-corrected chi connectivity index (χ1v) is 6.05. The molecule has 0 bridgehead atoms. The number of rotatable bonds is 2. The lowest BCUT2D eigenvalue weighted by Gasteiger charge is -2.31. The Morgan fingerprint density at radius 1 is 1.31 bits per heavy atom. The van der Waals surface area contributed by atoms with Gasteiger partial charge in [-0.2, -0.15) is 0 Å². The van der Waals surface area contributed by atoms with Gasteiger partial charge in [0.2, 0.25) is 0 Å². The lowest BCUT2D eigenvalue weighted by Crippen LogP contribution is -2.34. The Morgan fingerprint density at radius 2 is 2.06 bits per heavy atom. The molecule has 0 atom stereocenters. The van der Waals surface area contributed by atoms with Crippen molar-refractivity contribution in [2.75, 3.05) is 0 Å². The van der Waals surface area contributed by atoms with Gasteiger partial charge in [-0.15, -0.1) is 0 Å². The van der Waals surface area contributed by atoms with Crippen LogP contribution in [0.15, 0.2) is 28.7 Å². The Morgan fingerprint density at radius 3 is 2.75 bits per heavy atom. The van der Waals surface area contributed by atoms with Gasteiger partial charge in [-0.25, -0.2) is 0 Å². The summed E-state index contributed by atoms with van der Waals surface area (Å²) in [5.74, 6) is 1.74. The van der Waals surface area contributed by atoms with Gasteiger partial charge in [0.05, 0.1) is 0 Å². The van der Waals surface area contributed by atoms with Crippen LogP contribution in [0.2, 0.25) is 0 Å². The molecular weight excluding hydrogens is 198 g/mol. The normalized spacial score (nSPS) is 24.6. The SMILES string of the molecule is CCc1c(C2CC(N)C2)oc2ccccc12. The van der Waals surface area contributed by atoms with E-state index in [9.17, 15) is 0 Å². The maximum atomic E-state index is 5.99. The third-order valence-electron chi connectivity index (χ3n) is 3.63. The lowest BCUT2D eigenvalue weighted by molar-refractivity contribution is 0.306. The smallest absolute Gasteiger partial charge is 0.134 e. The Kier molecular flexibility index (Phi) is 2.25. The molecule has 1 heterocycles. The van der Waals surface area contributed by atoms with Crippen LogP contribution in [-0.4, -0.2) is 6.04 Å². The fraction of sp³-hybridized carbons (Fsp3) is 0.429. The standard InChI is InChI=1S/C14H17NO/c1-2-11-12-5-3-4-6-13(12)16-14(11)9-7-10(15)8-9/h3-6,9-10H,2,7-8,15H2,1H3. The number of furan rings is 1. The summed E-state index contributed by atoms with van der Waals surface area (Å²) < 4.78 is 5.99. The van der Waals surface area contributed by atoms with Crippen molar-refractivity contribution in [2.45, 2.75) is 38.1 Å². The monoisotopic (exact) mass is 215 g/mol. The summed E-state index contributed by atoms with van der Waals surface area (Å²) in [5.41, 5.74) is 8.26. The molecule has 1 fully saturated rings. The third-order valence-corrected chi connectivity index (χ3v) is 3.63. The highest BCUT2D eigenvalue weighted by atomic mass is 16.3. The van der Waals surface area contributed by atoms with Crippen LogP contribution >= 0.6 is 0 Å². The summed E-state index contributed by atoms with van der Waals surface area (Å²) in [7, 11) is 0. The number of aryl methyl sites for hydroxylation is 1. The molecular formula is C14H17NO. The predicted octanol–water partition coefficient (Wildman–Crippen LogP) is 3.20. The summed E-state index contributed by atoms with van der Waals surface area (Å²) in [6.07, 6.45) is 3.19. The Bertz CT molecular complexity index is 508. The minimum atomic E-state index is 0.378. The van der Waals surface area contributed by atoms with E-state index in [2.05, 4.69) is 25.1 Å². The molecule has 1 aliphatic rings. The van der Waals surface area contributed by atoms with E-state index in [1.54, 1.807) is 0 Å². The van der Waals surface area contributed by atoms with Crippen LogP contribution in [0.4, 0.5) is 0 Å². The number of para-hydroxylation sites is 1. The van der Waals surface area contributed by atoms with Gasteiger partial charge in [-0.3, -0.25) is 0 Å². The largest absolute Gasteiger partial charge is 0.460 e. The second kappa shape index (κ2) is 3.63. The molecule has 0 amide bonds. The minimum absolute atomic E-state index is 0.378. The molecule has 0 spiro atoms. The average molecular weight is 215 g/mol. The lowest BCUT2D eigenvalue weighted by atomic mass is 9.78. The molecule has 2 nitrogen and oxygen atoms in total. The number of benzene rings is 1. The molecule has 0 unspecified atom stereocenters. The van der Waals surface area contributed by atoms with Crippen molar-refractivity contribution >= 4 is 11.0 Å². The van der Waals surface area contributed by atoms with Crippen LogP contribution in [0.1, 0.15) is 37.0 Å². The molecule has 0 radical (unpaired) electrons. The third kappa shape index (κ3) is 1.37. The second-order valence-corrected chi connectivity index (χ2v) is 4.72. The summed E-state index contributed by atoms with van der Waals surface area (Å²) in [5, 5.41) is 1.28. The highest BCUT2D eigenvalue weighted by molar-refractivity contribution is 5.82. The van der Waals surface area contributed by atoms with E-state index in [1.165, 1.54) is 16.7 Å². The zero-order valence-corrected chi connectivity index (χ0v) is 9.57. The number of fused-ring (bicyclic) bond motifs is 1. The van der Waals surface area contributed by atoms with Gasteiger partial charge in [-0.05, 0) is 25.3 Å². The molecule has 2 N–H and O–H groups in total. The molecule has 16 heavy (non-hydrogen) atoms. The van der Waals surface area contributed by atoms with Crippen LogP contribution < -0.4 is 5.73 Å². The molecule has 1 aliphatic carbocycles. The Balaban J connectivity index is 2.09. The van der Waals surface area contributed by atoms with Crippen LogP contribution in [0, 0.1) is 0 Å². The van der Waals surface area contributed by atoms with Crippen molar-refractivity contribution in [3.05, 3.63) is 35.6 Å². The van der Waals surface area contributed by atoms with E-state index >= 15 is 0 Å². The highest BCUT2D eigenvalue weighted by Crippen LogP contribution is 2.41. The molecule has 3 rings (SSSR count). The molecule has 2 heteroatoms. The van der Waals surface area contributed by atoms with Crippen LogP contribution in [0.5, 0.6) is 0 Å². The quantitative estimate of drug-likeness (QED) is 0.835. The van der Waals surface area contributed by atoms with E-state index in [4.69, 9.17) is 10.2 Å². The van der Waals surface area contributed by atoms with Gasteiger partial charge < -0.3 is 10.2 Å². The first-order valence-electron chi connectivity index (χ1n) is 6.05. The summed E-state index contributed by atoms with van der Waals surface area (Å²) in [4.78, 5) is 0. The van der Waals surface area contributed by atoms with Gasteiger partial charge in [0.1, 0.15) is 11.3 Å². The molecule has 0 aliphatic heterocycles. The van der Waals surface area contributed by atoms with Crippen molar-refractivity contribution in [3.63, 3.8) is 0 Å².